The Morgan fingerprint density at radius 2 is 1.10 bits per heavy atom. The SMILES string of the molecule is Cl.Cl.OC[C@@H]1CCNC[C@H]1O.OC[C@H]1CCNC[C@@H]1O. The first-order valence-corrected chi connectivity index (χ1v) is 6.68. The van der Waals surface area contributed by atoms with Gasteiger partial charge >= 0.3 is 0 Å². The van der Waals surface area contributed by atoms with Gasteiger partial charge in [-0.2, -0.15) is 0 Å². The Labute approximate surface area is 132 Å². The normalized spacial score (nSPS) is 33.0. The quantitative estimate of drug-likeness (QED) is 0.377. The molecule has 124 valence electrons. The van der Waals surface area contributed by atoms with Crippen LogP contribution in [-0.4, -0.2) is 72.0 Å². The van der Waals surface area contributed by atoms with Gasteiger partial charge in [-0.15, -0.1) is 24.8 Å². The maximum atomic E-state index is 9.15. The average Bonchev–Trinajstić information content (AvgIpc) is 2.41. The minimum absolute atomic E-state index is 0. The number of β-amino-alcohol motifs (C(OH)–C–C–N with tert-alkyl or cyclic N) is 2. The summed E-state index contributed by atoms with van der Waals surface area (Å²) < 4.78 is 0. The van der Waals surface area contributed by atoms with Crippen LogP contribution in [0.3, 0.4) is 0 Å². The molecule has 2 aliphatic rings. The van der Waals surface area contributed by atoms with Crippen LogP contribution < -0.4 is 10.6 Å². The lowest BCUT2D eigenvalue weighted by molar-refractivity contribution is 0.0456. The van der Waals surface area contributed by atoms with Crippen molar-refractivity contribution >= 4 is 24.8 Å². The first-order chi connectivity index (χ1) is 8.69. The van der Waals surface area contributed by atoms with E-state index in [2.05, 4.69) is 10.6 Å². The third-order valence-electron chi connectivity index (χ3n) is 3.65. The standard InChI is InChI=1S/2C6H13NO2.2ClH/c2*8-4-5-1-2-7-3-6(5)9;;/h2*5-9H,1-4H2;2*1H/t2*5-,6+;;/m10../s1. The second-order valence-corrected chi connectivity index (χ2v) is 5.01. The molecule has 0 aromatic heterocycles. The van der Waals surface area contributed by atoms with E-state index in [9.17, 15) is 0 Å². The number of aliphatic hydroxyl groups excluding tert-OH is 4. The van der Waals surface area contributed by atoms with Gasteiger partial charge < -0.3 is 31.1 Å². The lowest BCUT2D eigenvalue weighted by Crippen LogP contribution is -2.41. The number of piperidine rings is 2. The van der Waals surface area contributed by atoms with Gasteiger partial charge in [-0.3, -0.25) is 0 Å². The molecule has 0 unspecified atom stereocenters. The molecule has 0 amide bonds. The van der Waals surface area contributed by atoms with Gasteiger partial charge in [0.1, 0.15) is 0 Å². The first-order valence-electron chi connectivity index (χ1n) is 6.68. The fraction of sp³-hybridized carbons (Fsp3) is 1.00. The molecule has 2 heterocycles. The number of hydrogen-bond donors (Lipinski definition) is 6. The third kappa shape index (κ3) is 7.95. The summed E-state index contributed by atoms with van der Waals surface area (Å²) in [4.78, 5) is 0. The van der Waals surface area contributed by atoms with Gasteiger partial charge in [-0.05, 0) is 25.9 Å². The van der Waals surface area contributed by atoms with Crippen LogP contribution in [0.2, 0.25) is 0 Å². The number of hydrogen-bond acceptors (Lipinski definition) is 6. The number of halogens is 2. The van der Waals surface area contributed by atoms with Crippen LogP contribution in [0.4, 0.5) is 0 Å². The van der Waals surface area contributed by atoms with Crippen molar-refractivity contribution in [2.24, 2.45) is 11.8 Å². The number of nitrogens with one attached hydrogen (secondary N) is 2. The van der Waals surface area contributed by atoms with Crippen molar-refractivity contribution in [1.29, 1.82) is 0 Å². The molecule has 2 saturated heterocycles. The summed E-state index contributed by atoms with van der Waals surface area (Å²) in [5, 5.41) is 41.7. The van der Waals surface area contributed by atoms with Gasteiger partial charge in [0.15, 0.2) is 0 Å². The minimum atomic E-state index is -0.344. The molecule has 0 radical (unpaired) electrons. The van der Waals surface area contributed by atoms with Crippen molar-refractivity contribution in [2.45, 2.75) is 25.0 Å². The number of aliphatic hydroxyl groups is 4. The van der Waals surface area contributed by atoms with Crippen LogP contribution in [-0.2, 0) is 0 Å². The van der Waals surface area contributed by atoms with E-state index in [4.69, 9.17) is 20.4 Å². The predicted molar refractivity (Wildman–Crippen MR) is 82.6 cm³/mol. The smallest absolute Gasteiger partial charge is 0.0715 e. The third-order valence-corrected chi connectivity index (χ3v) is 3.65. The van der Waals surface area contributed by atoms with Gasteiger partial charge in [-0.25, -0.2) is 0 Å². The molecule has 0 bridgehead atoms. The van der Waals surface area contributed by atoms with Gasteiger partial charge in [-0.1, -0.05) is 0 Å². The molecular weight excluding hydrogens is 307 g/mol. The Morgan fingerprint density at radius 3 is 1.30 bits per heavy atom. The Balaban J connectivity index is 0. The summed E-state index contributed by atoms with van der Waals surface area (Å²) in [5.41, 5.74) is 0. The summed E-state index contributed by atoms with van der Waals surface area (Å²) in [7, 11) is 0. The maximum absolute atomic E-state index is 9.15. The molecule has 0 saturated carbocycles. The van der Waals surface area contributed by atoms with E-state index in [1.807, 2.05) is 0 Å². The lowest BCUT2D eigenvalue weighted by Gasteiger charge is -2.26. The Morgan fingerprint density at radius 1 is 0.750 bits per heavy atom. The van der Waals surface area contributed by atoms with Crippen LogP contribution in [0, 0.1) is 11.8 Å². The highest BCUT2D eigenvalue weighted by molar-refractivity contribution is 5.85. The molecule has 2 aliphatic heterocycles. The Hall–Kier alpha value is 0.340. The molecule has 0 aromatic rings. The van der Waals surface area contributed by atoms with Crippen molar-refractivity contribution in [3.63, 3.8) is 0 Å². The molecule has 0 aromatic carbocycles. The molecule has 0 spiro atoms. The van der Waals surface area contributed by atoms with Crippen LogP contribution in [0.5, 0.6) is 0 Å². The van der Waals surface area contributed by atoms with Crippen molar-refractivity contribution in [1.82, 2.24) is 10.6 Å². The van der Waals surface area contributed by atoms with E-state index >= 15 is 0 Å². The van der Waals surface area contributed by atoms with Gasteiger partial charge in [0.05, 0.1) is 12.2 Å². The lowest BCUT2D eigenvalue weighted by atomic mass is 9.96. The molecule has 4 atom stereocenters. The summed E-state index contributed by atoms with van der Waals surface area (Å²) in [6.07, 6.45) is 1.09. The highest BCUT2D eigenvalue weighted by Crippen LogP contribution is 2.11. The molecule has 2 rings (SSSR count). The highest BCUT2D eigenvalue weighted by atomic mass is 35.5. The fourth-order valence-electron chi connectivity index (χ4n) is 2.22. The van der Waals surface area contributed by atoms with Crippen molar-refractivity contribution < 1.29 is 20.4 Å². The molecule has 0 aliphatic carbocycles. The Kier molecular flexibility index (Phi) is 14.7. The van der Waals surface area contributed by atoms with Crippen LogP contribution in [0.25, 0.3) is 0 Å². The highest BCUT2D eigenvalue weighted by Gasteiger charge is 2.21. The molecule has 6 N–H and O–H groups in total. The zero-order valence-corrected chi connectivity index (χ0v) is 13.2. The summed E-state index contributed by atoms with van der Waals surface area (Å²) >= 11 is 0. The van der Waals surface area contributed by atoms with Crippen LogP contribution >= 0.6 is 24.8 Å². The summed E-state index contributed by atoms with van der Waals surface area (Å²) in [6.45, 7) is 3.33. The topological polar surface area (TPSA) is 105 Å². The van der Waals surface area contributed by atoms with Crippen molar-refractivity contribution in [3.8, 4) is 0 Å². The monoisotopic (exact) mass is 334 g/mol. The van der Waals surface area contributed by atoms with E-state index in [-0.39, 0.29) is 62.1 Å². The first kappa shape index (κ1) is 22.6. The molecule has 6 nitrogen and oxygen atoms in total. The molecule has 8 heteroatoms. The minimum Gasteiger partial charge on any atom is -0.396 e. The zero-order valence-electron chi connectivity index (χ0n) is 11.6. The van der Waals surface area contributed by atoms with Crippen LogP contribution in [0.1, 0.15) is 12.8 Å². The van der Waals surface area contributed by atoms with E-state index in [1.165, 1.54) is 0 Å². The van der Waals surface area contributed by atoms with Gasteiger partial charge in [0, 0.05) is 38.1 Å². The molecule has 2 fully saturated rings. The van der Waals surface area contributed by atoms with E-state index in [1.54, 1.807) is 0 Å². The van der Waals surface area contributed by atoms with Crippen molar-refractivity contribution in [2.75, 3.05) is 39.4 Å². The number of rotatable bonds is 2. The zero-order chi connectivity index (χ0) is 13.4. The molecule has 20 heavy (non-hydrogen) atoms. The van der Waals surface area contributed by atoms with Crippen LogP contribution in [0.15, 0.2) is 0 Å². The second kappa shape index (κ2) is 13.0. The van der Waals surface area contributed by atoms with Gasteiger partial charge in [0.25, 0.3) is 0 Å². The van der Waals surface area contributed by atoms with E-state index in [0.29, 0.717) is 13.1 Å². The van der Waals surface area contributed by atoms with Gasteiger partial charge in [0.2, 0.25) is 0 Å². The maximum Gasteiger partial charge on any atom is 0.0715 e. The van der Waals surface area contributed by atoms with E-state index in [0.717, 1.165) is 25.9 Å². The average molecular weight is 335 g/mol. The fourth-order valence-corrected chi connectivity index (χ4v) is 2.22. The molecular formula is C12H28Cl2N2O4. The van der Waals surface area contributed by atoms with Crippen molar-refractivity contribution in [3.05, 3.63) is 0 Å². The largest absolute Gasteiger partial charge is 0.396 e. The summed E-state index contributed by atoms with van der Waals surface area (Å²) in [6, 6.07) is 0. The summed E-state index contributed by atoms with van der Waals surface area (Å²) in [5.74, 6) is 0.206. The van der Waals surface area contributed by atoms with E-state index < -0.39 is 0 Å². The predicted octanol–water partition coefficient (Wildman–Crippen LogP) is -1.26. The second-order valence-electron chi connectivity index (χ2n) is 5.01. The Bertz CT molecular complexity index is 206.